The zero-order valence-electron chi connectivity index (χ0n) is 15.8. The van der Waals surface area contributed by atoms with Crippen LogP contribution in [0.25, 0.3) is 6.08 Å². The summed E-state index contributed by atoms with van der Waals surface area (Å²) in [7, 11) is 0. The highest BCUT2D eigenvalue weighted by molar-refractivity contribution is 5.67. The molecule has 1 saturated heterocycles. The monoisotopic (exact) mass is 382 g/mol. The van der Waals surface area contributed by atoms with Crippen molar-refractivity contribution in [3.63, 3.8) is 0 Å². The number of carbonyl (C=O) groups is 1. The maximum atomic E-state index is 11.1. The van der Waals surface area contributed by atoms with Crippen LogP contribution in [0, 0.1) is 0 Å². The third-order valence-corrected chi connectivity index (χ3v) is 4.59. The lowest BCUT2D eigenvalue weighted by Gasteiger charge is -2.33. The van der Waals surface area contributed by atoms with Crippen LogP contribution < -0.4 is 0 Å². The number of hydrogen-bond donors (Lipinski definition) is 1. The molecule has 0 aliphatic carbocycles. The third kappa shape index (κ3) is 6.93. The van der Waals surface area contributed by atoms with E-state index in [1.165, 1.54) is 0 Å². The molecule has 5 nitrogen and oxygen atoms in total. The first-order chi connectivity index (χ1) is 13.7. The zero-order chi connectivity index (χ0) is 19.6. The van der Waals surface area contributed by atoms with Crippen molar-refractivity contribution in [1.82, 2.24) is 0 Å². The molecule has 3 atom stereocenters. The Kier molecular flexibility index (Phi) is 7.79. The highest BCUT2D eigenvalue weighted by Gasteiger charge is 2.30. The van der Waals surface area contributed by atoms with Gasteiger partial charge in [-0.25, -0.2) is 0 Å². The van der Waals surface area contributed by atoms with Gasteiger partial charge in [0.25, 0.3) is 0 Å². The highest BCUT2D eigenvalue weighted by Crippen LogP contribution is 2.25. The van der Waals surface area contributed by atoms with Crippen molar-refractivity contribution in [1.29, 1.82) is 0 Å². The van der Waals surface area contributed by atoms with Crippen LogP contribution in [0.15, 0.2) is 66.7 Å². The van der Waals surface area contributed by atoms with Gasteiger partial charge >= 0.3 is 5.97 Å². The molecule has 28 heavy (non-hydrogen) atoms. The fraction of sp³-hybridized carbons (Fsp3) is 0.348. The standard InChI is InChI=1S/C23H26O5/c24-23(25)15-22-14-21(27-17-26-16-19-9-5-2-6-10-19)13-20(28-22)12-11-18-7-3-1-4-8-18/h1-12,20-22H,13-17H2,(H,24,25)/b12-11+/t20-,21+,22-/m0/s1. The number of hydrogen-bond acceptors (Lipinski definition) is 4. The molecular formula is C23H26O5. The number of ether oxygens (including phenoxy) is 3. The fourth-order valence-corrected chi connectivity index (χ4v) is 3.25. The molecule has 0 spiro atoms. The molecule has 0 amide bonds. The molecule has 0 radical (unpaired) electrons. The number of carboxylic acids is 1. The molecule has 0 aromatic heterocycles. The Bertz CT molecular complexity index is 744. The zero-order valence-corrected chi connectivity index (χ0v) is 15.8. The summed E-state index contributed by atoms with van der Waals surface area (Å²) in [4.78, 5) is 11.1. The second kappa shape index (κ2) is 10.8. The van der Waals surface area contributed by atoms with E-state index in [1.807, 2.05) is 72.8 Å². The van der Waals surface area contributed by atoms with Gasteiger partial charge in [0.2, 0.25) is 0 Å². The van der Waals surface area contributed by atoms with Gasteiger partial charge < -0.3 is 19.3 Å². The minimum atomic E-state index is -0.864. The van der Waals surface area contributed by atoms with Crippen molar-refractivity contribution in [2.45, 2.75) is 44.2 Å². The van der Waals surface area contributed by atoms with E-state index < -0.39 is 5.97 Å². The first kappa shape index (κ1) is 20.3. The average molecular weight is 382 g/mol. The average Bonchev–Trinajstić information content (AvgIpc) is 2.71. The Hall–Kier alpha value is -2.47. The van der Waals surface area contributed by atoms with Crippen molar-refractivity contribution in [3.8, 4) is 0 Å². The molecule has 1 N–H and O–H groups in total. The number of carboxylic acid groups (broad SMARTS) is 1. The maximum absolute atomic E-state index is 11.1. The maximum Gasteiger partial charge on any atom is 0.305 e. The summed E-state index contributed by atoms with van der Waals surface area (Å²) in [5.41, 5.74) is 2.17. The minimum absolute atomic E-state index is 0.0274. The Morgan fingerprint density at radius 3 is 2.50 bits per heavy atom. The number of rotatable bonds is 9. The van der Waals surface area contributed by atoms with Gasteiger partial charge in [-0.3, -0.25) is 4.79 Å². The molecule has 1 heterocycles. The molecular weight excluding hydrogens is 356 g/mol. The molecule has 148 valence electrons. The van der Waals surface area contributed by atoms with Crippen molar-refractivity contribution in [2.75, 3.05) is 6.79 Å². The largest absolute Gasteiger partial charge is 0.481 e. The minimum Gasteiger partial charge on any atom is -0.481 e. The fourth-order valence-electron chi connectivity index (χ4n) is 3.25. The predicted molar refractivity (Wildman–Crippen MR) is 107 cm³/mol. The summed E-state index contributed by atoms with van der Waals surface area (Å²) in [6.45, 7) is 0.661. The Balaban J connectivity index is 1.52. The van der Waals surface area contributed by atoms with E-state index in [4.69, 9.17) is 19.3 Å². The van der Waals surface area contributed by atoms with Gasteiger partial charge in [-0.1, -0.05) is 72.8 Å². The number of aliphatic carboxylic acids is 1. The van der Waals surface area contributed by atoms with Crippen LogP contribution in [0.3, 0.4) is 0 Å². The summed E-state index contributed by atoms with van der Waals surface area (Å²) in [6, 6.07) is 19.9. The van der Waals surface area contributed by atoms with Crippen LogP contribution in [0.4, 0.5) is 0 Å². The Labute approximate surface area is 165 Å². The molecule has 0 unspecified atom stereocenters. The molecule has 1 fully saturated rings. The second-order valence-electron chi connectivity index (χ2n) is 6.88. The molecule has 1 aliphatic heterocycles. The normalized spacial score (nSPS) is 22.4. The number of benzene rings is 2. The Morgan fingerprint density at radius 2 is 1.79 bits per heavy atom. The molecule has 1 aliphatic rings. The smallest absolute Gasteiger partial charge is 0.305 e. The van der Waals surface area contributed by atoms with Gasteiger partial charge in [0.05, 0.1) is 31.3 Å². The third-order valence-electron chi connectivity index (χ3n) is 4.59. The SMILES string of the molecule is O=C(O)C[C@@H]1C[C@H](OCOCc2ccccc2)C[C@H](/C=C/c2ccccc2)O1. The molecule has 0 bridgehead atoms. The van der Waals surface area contributed by atoms with Crippen LogP contribution in [0.1, 0.15) is 30.4 Å². The van der Waals surface area contributed by atoms with E-state index >= 15 is 0 Å². The topological polar surface area (TPSA) is 65.0 Å². The van der Waals surface area contributed by atoms with Gasteiger partial charge in [0.1, 0.15) is 6.79 Å². The van der Waals surface area contributed by atoms with Crippen molar-refractivity contribution in [2.24, 2.45) is 0 Å². The van der Waals surface area contributed by atoms with Gasteiger partial charge in [-0.15, -0.1) is 0 Å². The van der Waals surface area contributed by atoms with Crippen molar-refractivity contribution >= 4 is 12.0 Å². The van der Waals surface area contributed by atoms with Crippen LogP contribution >= 0.6 is 0 Å². The summed E-state index contributed by atoms with van der Waals surface area (Å²) in [5, 5.41) is 9.12. The second-order valence-corrected chi connectivity index (χ2v) is 6.88. The Morgan fingerprint density at radius 1 is 1.07 bits per heavy atom. The lowest BCUT2D eigenvalue weighted by Crippen LogP contribution is -2.37. The van der Waals surface area contributed by atoms with Crippen LogP contribution in [-0.2, 0) is 25.6 Å². The van der Waals surface area contributed by atoms with Crippen LogP contribution in [0.5, 0.6) is 0 Å². The van der Waals surface area contributed by atoms with Gasteiger partial charge in [-0.05, 0) is 11.1 Å². The summed E-state index contributed by atoms with van der Waals surface area (Å²) < 4.78 is 17.4. The van der Waals surface area contributed by atoms with E-state index in [0.717, 1.165) is 11.1 Å². The van der Waals surface area contributed by atoms with Gasteiger partial charge in [0, 0.05) is 12.8 Å². The lowest BCUT2D eigenvalue weighted by atomic mass is 9.98. The van der Waals surface area contributed by atoms with Gasteiger partial charge in [-0.2, -0.15) is 0 Å². The first-order valence-corrected chi connectivity index (χ1v) is 9.53. The lowest BCUT2D eigenvalue weighted by molar-refractivity contribution is -0.159. The molecule has 5 heteroatoms. The van der Waals surface area contributed by atoms with E-state index in [1.54, 1.807) is 0 Å². The highest BCUT2D eigenvalue weighted by atomic mass is 16.7. The van der Waals surface area contributed by atoms with Crippen molar-refractivity contribution < 1.29 is 24.1 Å². The molecule has 2 aromatic rings. The first-order valence-electron chi connectivity index (χ1n) is 9.53. The van der Waals surface area contributed by atoms with E-state index in [0.29, 0.717) is 19.4 Å². The summed E-state index contributed by atoms with van der Waals surface area (Å²) in [6.07, 6.45) is 4.53. The van der Waals surface area contributed by atoms with E-state index in [-0.39, 0.29) is 31.5 Å². The van der Waals surface area contributed by atoms with Crippen molar-refractivity contribution in [3.05, 3.63) is 77.9 Å². The predicted octanol–water partition coefficient (Wildman–Crippen LogP) is 4.28. The molecule has 2 aromatic carbocycles. The van der Waals surface area contributed by atoms with Crippen LogP contribution in [0.2, 0.25) is 0 Å². The molecule has 0 saturated carbocycles. The van der Waals surface area contributed by atoms with Gasteiger partial charge in [0.15, 0.2) is 0 Å². The van der Waals surface area contributed by atoms with E-state index in [9.17, 15) is 4.79 Å². The summed E-state index contributed by atoms with van der Waals surface area (Å²) in [5.74, 6) is -0.864. The molecule has 3 rings (SSSR count). The summed E-state index contributed by atoms with van der Waals surface area (Å²) >= 11 is 0. The van der Waals surface area contributed by atoms with Crippen LogP contribution in [-0.4, -0.2) is 36.2 Å². The van der Waals surface area contributed by atoms with E-state index in [2.05, 4.69) is 0 Å². The quantitative estimate of drug-likeness (QED) is 0.518.